The number of fused-ring (bicyclic) bond motifs is 2. The third-order valence-corrected chi connectivity index (χ3v) is 8.10. The lowest BCUT2D eigenvalue weighted by molar-refractivity contribution is -0.752. The molecule has 3 saturated carbocycles. The Bertz CT molecular complexity index is 445. The van der Waals surface area contributed by atoms with Gasteiger partial charge in [0.25, 0.3) is 0 Å². The predicted octanol–water partition coefficient (Wildman–Crippen LogP) is 2.83. The lowest BCUT2D eigenvalue weighted by Crippen LogP contribution is -3.03. The molecule has 3 nitrogen and oxygen atoms in total. The first-order valence-corrected chi connectivity index (χ1v) is 11.3. The van der Waals surface area contributed by atoms with E-state index < -0.39 is 0 Å². The molecule has 0 aromatic heterocycles. The summed E-state index contributed by atoms with van der Waals surface area (Å²) in [7, 11) is 0. The molecule has 6 atom stereocenters. The smallest absolute Gasteiger partial charge is 0.0935 e. The van der Waals surface area contributed by atoms with Crippen LogP contribution in [0.3, 0.4) is 0 Å². The van der Waals surface area contributed by atoms with Gasteiger partial charge in [0, 0.05) is 18.4 Å². The molecule has 4 aliphatic rings. The van der Waals surface area contributed by atoms with Crippen molar-refractivity contribution in [2.24, 2.45) is 23.2 Å². The second-order valence-electron chi connectivity index (χ2n) is 10.6. The van der Waals surface area contributed by atoms with E-state index in [0.29, 0.717) is 23.4 Å². The summed E-state index contributed by atoms with van der Waals surface area (Å²) in [4.78, 5) is 0. The Morgan fingerprint density at radius 1 is 0.920 bits per heavy atom. The first kappa shape index (κ1) is 18.3. The zero-order valence-electron chi connectivity index (χ0n) is 16.6. The van der Waals surface area contributed by atoms with Crippen LogP contribution in [0.1, 0.15) is 84.5 Å². The molecule has 0 amide bonds. The van der Waals surface area contributed by atoms with Crippen molar-refractivity contribution in [1.82, 2.24) is 5.32 Å². The molecule has 25 heavy (non-hydrogen) atoms. The van der Waals surface area contributed by atoms with Crippen LogP contribution < -0.4 is 10.6 Å². The van der Waals surface area contributed by atoms with E-state index in [0.717, 1.165) is 24.3 Å². The van der Waals surface area contributed by atoms with Crippen molar-refractivity contribution < 1.29 is 10.4 Å². The maximum Gasteiger partial charge on any atom is 0.0935 e. The van der Waals surface area contributed by atoms with E-state index in [2.05, 4.69) is 24.5 Å². The van der Waals surface area contributed by atoms with Crippen molar-refractivity contribution in [2.75, 3.05) is 6.54 Å². The second kappa shape index (κ2) is 7.48. The molecule has 144 valence electrons. The van der Waals surface area contributed by atoms with Crippen LogP contribution >= 0.6 is 0 Å². The lowest BCUT2D eigenvalue weighted by Gasteiger charge is -2.54. The van der Waals surface area contributed by atoms with Crippen LogP contribution in [0.2, 0.25) is 0 Å². The number of piperidine rings is 1. The summed E-state index contributed by atoms with van der Waals surface area (Å²) in [6, 6.07) is 2.00. The summed E-state index contributed by atoms with van der Waals surface area (Å²) in [5.41, 5.74) is 0.298. The molecule has 3 heteroatoms. The number of nitrogens with two attached hydrogens (primary N) is 1. The van der Waals surface area contributed by atoms with Gasteiger partial charge in [-0.25, -0.2) is 0 Å². The quantitative estimate of drug-likeness (QED) is 0.734. The molecule has 0 bridgehead atoms. The molecule has 4 N–H and O–H groups in total. The number of aliphatic hydroxyl groups excluding tert-OH is 1. The minimum Gasteiger partial charge on any atom is -0.393 e. The highest BCUT2D eigenvalue weighted by atomic mass is 16.3. The van der Waals surface area contributed by atoms with Crippen molar-refractivity contribution in [3.63, 3.8) is 0 Å². The van der Waals surface area contributed by atoms with Crippen molar-refractivity contribution >= 4 is 0 Å². The van der Waals surface area contributed by atoms with E-state index in [4.69, 9.17) is 0 Å². The molecule has 0 aromatic rings. The van der Waals surface area contributed by atoms with Crippen LogP contribution in [0.25, 0.3) is 0 Å². The molecular weight excluding hydrogens is 308 g/mol. The average molecular weight is 350 g/mol. The fourth-order valence-electron chi connectivity index (χ4n) is 7.00. The van der Waals surface area contributed by atoms with Gasteiger partial charge in [-0.3, -0.25) is 0 Å². The van der Waals surface area contributed by atoms with Crippen LogP contribution in [0.15, 0.2) is 0 Å². The summed E-state index contributed by atoms with van der Waals surface area (Å²) in [5, 5.41) is 17.9. The van der Waals surface area contributed by atoms with Gasteiger partial charge < -0.3 is 15.7 Å². The second-order valence-corrected chi connectivity index (χ2v) is 10.6. The predicted molar refractivity (Wildman–Crippen MR) is 102 cm³/mol. The van der Waals surface area contributed by atoms with Crippen LogP contribution in [-0.2, 0) is 0 Å². The molecular formula is C22H41N2O+. The molecule has 0 spiro atoms. The Morgan fingerprint density at radius 2 is 1.64 bits per heavy atom. The molecule has 3 aliphatic carbocycles. The summed E-state index contributed by atoms with van der Waals surface area (Å²) < 4.78 is 0. The zero-order chi connectivity index (χ0) is 17.4. The Labute approximate surface area is 154 Å². The van der Waals surface area contributed by atoms with Gasteiger partial charge in [-0.15, -0.1) is 0 Å². The van der Waals surface area contributed by atoms with Gasteiger partial charge in [0.05, 0.1) is 24.1 Å². The first-order valence-electron chi connectivity index (χ1n) is 11.3. The van der Waals surface area contributed by atoms with Gasteiger partial charge in [-0.05, 0) is 56.4 Å². The highest BCUT2D eigenvalue weighted by Gasteiger charge is 2.54. The molecule has 1 aliphatic heterocycles. The topological polar surface area (TPSA) is 48.9 Å². The maximum absolute atomic E-state index is 11.1. The fraction of sp³-hybridized carbons (Fsp3) is 1.00. The third-order valence-electron chi connectivity index (χ3n) is 8.10. The van der Waals surface area contributed by atoms with E-state index in [9.17, 15) is 5.11 Å². The largest absolute Gasteiger partial charge is 0.393 e. The Kier molecular flexibility index (Phi) is 5.46. The standard InChI is InChI=1S/C22H40N2O/c1-22(2)12-18-20(19(25)13-22)21(16-10-6-7-11-17(16)24-18)23-14-15-8-4-3-5-9-15/h15-21,23-25H,3-14H2,1-2H3/p+1/t16?,17?,18?,19-,20?,21?/m1/s1. The highest BCUT2D eigenvalue weighted by Crippen LogP contribution is 2.43. The van der Waals surface area contributed by atoms with Crippen molar-refractivity contribution in [3.05, 3.63) is 0 Å². The SMILES string of the molecule is CC1(C)CC2[NH2+]C3CCCCC3C(NCC3CCCCC3)C2[C@H](O)C1. The number of rotatable bonds is 3. The van der Waals surface area contributed by atoms with Crippen LogP contribution in [0.4, 0.5) is 0 Å². The van der Waals surface area contributed by atoms with E-state index in [1.165, 1.54) is 70.8 Å². The van der Waals surface area contributed by atoms with Gasteiger partial charge >= 0.3 is 0 Å². The number of hydrogen-bond donors (Lipinski definition) is 3. The van der Waals surface area contributed by atoms with Crippen LogP contribution in [-0.4, -0.2) is 35.9 Å². The Hall–Kier alpha value is -0.120. The Morgan fingerprint density at radius 3 is 2.44 bits per heavy atom. The highest BCUT2D eigenvalue weighted by molar-refractivity contribution is 5.02. The van der Waals surface area contributed by atoms with E-state index in [1.807, 2.05) is 0 Å². The van der Waals surface area contributed by atoms with Crippen LogP contribution in [0.5, 0.6) is 0 Å². The van der Waals surface area contributed by atoms with Crippen molar-refractivity contribution in [3.8, 4) is 0 Å². The van der Waals surface area contributed by atoms with Gasteiger partial charge in [-0.1, -0.05) is 39.5 Å². The van der Waals surface area contributed by atoms with Gasteiger partial charge in [0.15, 0.2) is 0 Å². The number of nitrogens with one attached hydrogen (secondary N) is 1. The number of aliphatic hydroxyl groups is 1. The van der Waals surface area contributed by atoms with Crippen molar-refractivity contribution in [2.45, 2.75) is 109 Å². The minimum absolute atomic E-state index is 0.114. The zero-order valence-corrected chi connectivity index (χ0v) is 16.6. The molecule has 4 fully saturated rings. The number of quaternary nitrogens is 1. The summed E-state index contributed by atoms with van der Waals surface area (Å²) in [6.45, 7) is 5.92. The van der Waals surface area contributed by atoms with E-state index >= 15 is 0 Å². The average Bonchev–Trinajstić information content (AvgIpc) is 2.58. The summed E-state index contributed by atoms with van der Waals surface area (Å²) >= 11 is 0. The molecule has 5 unspecified atom stereocenters. The molecule has 0 aromatic carbocycles. The lowest BCUT2D eigenvalue weighted by atomic mass is 9.60. The number of hydrogen-bond acceptors (Lipinski definition) is 2. The first-order chi connectivity index (χ1) is 12.0. The monoisotopic (exact) mass is 349 g/mol. The normalized spacial score (nSPS) is 44.8. The van der Waals surface area contributed by atoms with Gasteiger partial charge in [-0.2, -0.15) is 0 Å². The molecule has 0 radical (unpaired) electrons. The minimum atomic E-state index is -0.114. The van der Waals surface area contributed by atoms with Crippen molar-refractivity contribution in [1.29, 1.82) is 0 Å². The van der Waals surface area contributed by atoms with E-state index in [1.54, 1.807) is 0 Å². The van der Waals surface area contributed by atoms with Gasteiger partial charge in [0.2, 0.25) is 0 Å². The molecule has 1 saturated heterocycles. The third kappa shape index (κ3) is 3.94. The summed E-state index contributed by atoms with van der Waals surface area (Å²) in [5.74, 6) is 2.14. The fourth-order valence-corrected chi connectivity index (χ4v) is 7.00. The van der Waals surface area contributed by atoms with Gasteiger partial charge in [0.1, 0.15) is 0 Å². The Balaban J connectivity index is 1.49. The van der Waals surface area contributed by atoms with E-state index in [-0.39, 0.29) is 6.10 Å². The summed E-state index contributed by atoms with van der Waals surface area (Å²) in [6.07, 6.45) is 14.9. The molecule has 1 heterocycles. The van der Waals surface area contributed by atoms with Crippen LogP contribution in [0, 0.1) is 23.2 Å². The molecule has 4 rings (SSSR count). The maximum atomic E-state index is 11.1.